The number of ether oxygens (including phenoxy) is 3. The summed E-state index contributed by atoms with van der Waals surface area (Å²) in [5.74, 6) is -0.767. The van der Waals surface area contributed by atoms with Crippen molar-refractivity contribution in [3.8, 4) is 21.9 Å². The van der Waals surface area contributed by atoms with Gasteiger partial charge in [-0.1, -0.05) is 88.2 Å². The van der Waals surface area contributed by atoms with Gasteiger partial charge >= 0.3 is 0 Å². The normalized spacial score (nSPS) is 20.3. The van der Waals surface area contributed by atoms with Crippen molar-refractivity contribution in [2.75, 3.05) is 122 Å². The maximum atomic E-state index is 14.2. The van der Waals surface area contributed by atoms with Gasteiger partial charge in [0, 0.05) is 139 Å². The predicted molar refractivity (Wildman–Crippen MR) is 410 cm³/mol. The van der Waals surface area contributed by atoms with Gasteiger partial charge in [0.25, 0.3) is 21.6 Å². The van der Waals surface area contributed by atoms with Gasteiger partial charge in [0.2, 0.25) is 11.8 Å². The number of sulfonamides is 1. The van der Waals surface area contributed by atoms with Crippen LogP contribution in [0, 0.1) is 33.8 Å². The molecule has 0 spiro atoms. The van der Waals surface area contributed by atoms with Crippen molar-refractivity contribution < 1.29 is 47.0 Å². The fourth-order valence-corrected chi connectivity index (χ4v) is 17.1. The molecule has 105 heavy (non-hydrogen) atoms. The van der Waals surface area contributed by atoms with Gasteiger partial charge in [0.15, 0.2) is 0 Å². The number of nitro benzene ring substituents is 1. The Bertz CT molecular complexity index is 4310. The van der Waals surface area contributed by atoms with Crippen molar-refractivity contribution in [3.63, 3.8) is 0 Å². The third kappa shape index (κ3) is 19.8. The first-order chi connectivity index (χ1) is 50.4. The number of H-pyrrole nitrogens is 1. The molecule has 12 rings (SSSR count). The highest BCUT2D eigenvalue weighted by molar-refractivity contribution is 7.90. The molecule has 0 radical (unpaired) electrons. The number of benzene rings is 4. The van der Waals surface area contributed by atoms with Crippen LogP contribution in [-0.4, -0.2) is 206 Å². The maximum Gasteiger partial charge on any atom is 0.293 e. The lowest BCUT2D eigenvalue weighted by atomic mass is 9.72. The number of amides is 3. The van der Waals surface area contributed by atoms with Gasteiger partial charge < -0.3 is 50.1 Å². The molecule has 2 aliphatic carbocycles. The summed E-state index contributed by atoms with van der Waals surface area (Å²) in [4.78, 5) is 77.7. The molecule has 4 fully saturated rings. The van der Waals surface area contributed by atoms with E-state index in [-0.39, 0.29) is 53.1 Å². The van der Waals surface area contributed by atoms with Crippen LogP contribution in [0.3, 0.4) is 0 Å². The summed E-state index contributed by atoms with van der Waals surface area (Å²) in [6.45, 7) is 24.1. The van der Waals surface area contributed by atoms with E-state index in [1.165, 1.54) is 39.9 Å². The third-order valence-electron chi connectivity index (χ3n) is 21.3. The van der Waals surface area contributed by atoms with Gasteiger partial charge in [0.05, 0.1) is 76.2 Å². The zero-order valence-electron chi connectivity index (χ0n) is 61.0. The number of nitrogens with one attached hydrogen (secondary N) is 5. The summed E-state index contributed by atoms with van der Waals surface area (Å²) in [7, 11) is -4.63. The number of aliphatic hydroxyl groups is 1. The average Bonchev–Trinajstić information content (AvgIpc) is 1.54. The molecule has 3 aliphatic heterocycles. The average molecular weight is 1500 g/mol. The molecule has 1 saturated carbocycles. The lowest BCUT2D eigenvalue weighted by molar-refractivity contribution is -0.384. The number of hydrogen-bond acceptors (Lipinski definition) is 20. The number of likely N-dealkylation sites (tertiary alicyclic amines) is 1. The summed E-state index contributed by atoms with van der Waals surface area (Å²) in [6, 6.07) is 27.6. The van der Waals surface area contributed by atoms with Gasteiger partial charge in [-0.05, 0) is 139 Å². The number of carbonyl (C=O) groups excluding carboxylic acids is 3. The maximum absolute atomic E-state index is 14.2. The molecule has 27 heteroatoms. The Morgan fingerprint density at radius 1 is 0.857 bits per heavy atom. The molecular weight excluding hydrogens is 1390 g/mol. The van der Waals surface area contributed by atoms with Gasteiger partial charge in [-0.15, -0.1) is 11.3 Å². The molecular formula is C78H100ClN13O11S2. The molecule has 3 aromatic heterocycles. The lowest BCUT2D eigenvalue weighted by Crippen LogP contribution is -2.57. The summed E-state index contributed by atoms with van der Waals surface area (Å²) < 4.78 is 48.6. The van der Waals surface area contributed by atoms with Crippen molar-refractivity contribution in [2.24, 2.45) is 16.7 Å². The van der Waals surface area contributed by atoms with Gasteiger partial charge in [-0.3, -0.25) is 39.2 Å². The number of aromatic nitrogens is 3. The van der Waals surface area contributed by atoms with Crippen molar-refractivity contribution >= 4 is 84.4 Å². The first kappa shape index (κ1) is 76.7. The van der Waals surface area contributed by atoms with Crippen LogP contribution in [-0.2, 0) is 35.6 Å². The molecule has 4 aromatic carbocycles. The molecule has 3 atom stereocenters. The smallest absolute Gasteiger partial charge is 0.293 e. The Morgan fingerprint density at radius 2 is 1.58 bits per heavy atom. The van der Waals surface area contributed by atoms with Crippen LogP contribution in [0.2, 0.25) is 5.02 Å². The highest BCUT2D eigenvalue weighted by Crippen LogP contribution is 2.44. The van der Waals surface area contributed by atoms with Crippen molar-refractivity contribution in [1.29, 1.82) is 0 Å². The number of rotatable bonds is 29. The number of piperazine rings is 2. The number of nitro groups is 1. The van der Waals surface area contributed by atoms with Crippen molar-refractivity contribution in [3.05, 3.63) is 158 Å². The van der Waals surface area contributed by atoms with E-state index in [2.05, 4.69) is 81.2 Å². The van der Waals surface area contributed by atoms with Crippen LogP contribution in [0.25, 0.3) is 27.0 Å². The molecule has 7 aromatic rings. The van der Waals surface area contributed by atoms with Crippen LogP contribution in [0.15, 0.2) is 125 Å². The second-order valence-corrected chi connectivity index (χ2v) is 33.4. The number of aromatic amines is 1. The molecule has 6 heterocycles. The van der Waals surface area contributed by atoms with E-state index in [4.69, 9.17) is 25.8 Å². The molecule has 6 N–H and O–H groups in total. The van der Waals surface area contributed by atoms with Gasteiger partial charge in [-0.2, -0.15) is 0 Å². The van der Waals surface area contributed by atoms with Crippen molar-refractivity contribution in [2.45, 2.75) is 129 Å². The molecule has 3 amide bonds. The van der Waals surface area contributed by atoms with Crippen LogP contribution in [0.4, 0.5) is 17.1 Å². The summed E-state index contributed by atoms with van der Waals surface area (Å²) in [6.07, 6.45) is 9.70. The van der Waals surface area contributed by atoms with E-state index >= 15 is 0 Å². The van der Waals surface area contributed by atoms with Crippen LogP contribution in [0.1, 0.15) is 113 Å². The predicted octanol–water partition coefficient (Wildman–Crippen LogP) is 11.2. The number of carbonyl (C=O) groups is 3. The standard InChI is InChI=1S/C78H100ClN13O11S2/c1-52-71(104-51-85-52)56-11-7-53(8-12-56)47-84-75(95)69-43-62(93)50-91(69)76(96)72(77(2,3)4)80-27-37-101-39-40-102-38-36-87-28-32-89(33-29-87)60-17-9-54(10-18-60)46-82-67-22-20-64(44-68(67)92(97)98)105(99,100)86-74(94)65-21-19-61(42-70(65)103-63-41-57-24-26-81-73(57)83-48-63)90-34-30-88(31-35-90)49-58-23-25-78(5,6)45-66(58)55-13-15-59(79)16-14-55/h7-8,11-16,19-22,24,26,41-42,44,48,51,54,60,62,69,72,80,82,93H,9-10,17-18,23,25,27-40,43,45-47,49-50H2,1-6H3,(H,81,83)(H,84,95)(H,86,94)/t54?,60?,62-,69+,72-/m1/s1. The lowest BCUT2D eigenvalue weighted by Gasteiger charge is -2.42. The van der Waals surface area contributed by atoms with E-state index in [9.17, 15) is 38.0 Å². The number of halogens is 1. The zero-order valence-corrected chi connectivity index (χ0v) is 63.4. The monoisotopic (exact) mass is 1490 g/mol. The number of fused-ring (bicyclic) bond motifs is 1. The first-order valence-electron chi connectivity index (χ1n) is 36.8. The summed E-state index contributed by atoms with van der Waals surface area (Å²) >= 11 is 7.88. The highest BCUT2D eigenvalue weighted by Gasteiger charge is 2.44. The second kappa shape index (κ2) is 34.3. The minimum Gasteiger partial charge on any atom is -0.455 e. The molecule has 24 nitrogen and oxygen atoms in total. The molecule has 5 aliphatic rings. The number of allylic oxidation sites excluding steroid dienone is 1. The van der Waals surface area contributed by atoms with Crippen molar-refractivity contribution in [1.82, 2.24) is 49.9 Å². The quantitative estimate of drug-likeness (QED) is 0.0144. The number of pyridine rings is 1. The fourth-order valence-electron chi connectivity index (χ4n) is 15.2. The van der Waals surface area contributed by atoms with E-state index in [1.807, 2.05) is 75.7 Å². The summed E-state index contributed by atoms with van der Waals surface area (Å²) in [5.41, 5.74) is 9.78. The first-order valence-corrected chi connectivity index (χ1v) is 39.5. The Hall–Kier alpha value is -7.89. The number of aryl methyl sites for hydroxylation is 1. The SMILES string of the molecule is Cc1ncsc1-c1ccc(CNC(=O)[C@@H]2C[C@@H](O)CN2C(=O)[C@@H](NCCOCCOCCN2CCN(C3CCC(CNc4ccc(S(=O)(=O)NC(=O)c5ccc(N6CCN(CC7=C(c8ccc(Cl)cc8)CC(C)(C)CC7)CC6)cc5Oc5cnc6[nH]ccc6c5)cc4[N+](=O)[O-])CC3)CC2)C(C)(C)C)cc1. The fraction of sp³-hybridized carbons (Fsp3) is 0.500. The topological polar surface area (TPSA) is 282 Å². The zero-order chi connectivity index (χ0) is 74.0. The van der Waals surface area contributed by atoms with E-state index in [1.54, 1.807) is 41.8 Å². The van der Waals surface area contributed by atoms with Crippen LogP contribution in [0.5, 0.6) is 11.5 Å². The Morgan fingerprint density at radius 3 is 2.30 bits per heavy atom. The van der Waals surface area contributed by atoms with Gasteiger partial charge in [0.1, 0.15) is 28.9 Å². The Labute approximate surface area is 624 Å². The molecule has 562 valence electrons. The number of aliphatic hydroxyl groups excluding tert-OH is 1. The number of nitrogens with zero attached hydrogens (tertiary/aromatic N) is 8. The minimum absolute atomic E-state index is 0.0486. The minimum atomic E-state index is -4.63. The number of hydrogen-bond donors (Lipinski definition) is 6. The second-order valence-electron chi connectivity index (χ2n) is 30.4. The molecule has 3 saturated heterocycles. The third-order valence-corrected chi connectivity index (χ3v) is 23.8. The Balaban J connectivity index is 0.555. The van der Waals surface area contributed by atoms with E-state index < -0.39 is 55.0 Å². The van der Waals surface area contributed by atoms with Gasteiger partial charge in [-0.25, -0.2) is 23.1 Å². The van der Waals surface area contributed by atoms with Crippen LogP contribution >= 0.6 is 22.9 Å². The Kier molecular flexibility index (Phi) is 25.1. The summed E-state index contributed by atoms with van der Waals surface area (Å²) in [5, 5.41) is 34.4. The van der Waals surface area contributed by atoms with E-state index in [0.29, 0.717) is 76.6 Å². The largest absolute Gasteiger partial charge is 0.455 e. The number of β-amino-alcohol motifs (C(OH)–C–C–N with tert-alkyl or cyclic N) is 1. The van der Waals surface area contributed by atoms with Crippen LogP contribution < -0.4 is 30.3 Å². The highest BCUT2D eigenvalue weighted by atomic mass is 35.5. The number of thiazole rings is 1. The van der Waals surface area contributed by atoms with E-state index in [0.717, 1.165) is 141 Å². The molecule has 0 bridgehead atoms. The molecule has 0 unspecified atom stereocenters. The number of anilines is 2.